The molecule has 14 heavy (non-hydrogen) atoms. The van der Waals surface area contributed by atoms with Gasteiger partial charge in [-0.1, -0.05) is 31.5 Å². The Balaban J connectivity index is 3.02. The van der Waals surface area contributed by atoms with E-state index in [9.17, 15) is 0 Å². The summed E-state index contributed by atoms with van der Waals surface area (Å²) in [7, 11) is 0. The van der Waals surface area contributed by atoms with E-state index in [1.54, 1.807) is 0 Å². The van der Waals surface area contributed by atoms with Crippen molar-refractivity contribution in [3.63, 3.8) is 0 Å². The number of hydrogen-bond donors (Lipinski definition) is 1. The maximum absolute atomic E-state index is 6.08. The molecule has 0 aliphatic rings. The van der Waals surface area contributed by atoms with Gasteiger partial charge in [-0.2, -0.15) is 0 Å². The van der Waals surface area contributed by atoms with E-state index in [-0.39, 0.29) is 6.04 Å². The van der Waals surface area contributed by atoms with Crippen LogP contribution in [0.25, 0.3) is 0 Å². The molecule has 1 aromatic carbocycles. The number of aryl methyl sites for hydroxylation is 1. The fourth-order valence-electron chi connectivity index (χ4n) is 1.46. The molecule has 1 aromatic rings. The molecule has 0 fully saturated rings. The lowest BCUT2D eigenvalue weighted by Gasteiger charge is -2.14. The summed E-state index contributed by atoms with van der Waals surface area (Å²) in [5.41, 5.74) is 8.68. The van der Waals surface area contributed by atoms with Crippen molar-refractivity contribution in [2.45, 2.75) is 38.1 Å². The molecule has 0 heterocycles. The zero-order chi connectivity index (χ0) is 10.6. The smallest absolute Gasteiger partial charge is 0.0303 e. The molecule has 0 aliphatic heterocycles. The Hall–Kier alpha value is -0.470. The fraction of sp³-hybridized carbons (Fsp3) is 0.500. The molecule has 0 bridgehead atoms. The Morgan fingerprint density at radius 2 is 2.07 bits per heavy atom. The molecule has 0 aliphatic carbocycles. The molecule has 0 radical (unpaired) electrons. The zero-order valence-corrected chi connectivity index (χ0v) is 10.0. The third-order valence-electron chi connectivity index (χ3n) is 2.30. The normalized spacial score (nSPS) is 12.9. The maximum Gasteiger partial charge on any atom is 0.0303 e. The lowest BCUT2D eigenvalue weighted by atomic mass is 10.0. The molecule has 0 saturated heterocycles. The molecule has 1 unspecified atom stereocenters. The quantitative estimate of drug-likeness (QED) is 0.768. The van der Waals surface area contributed by atoms with Gasteiger partial charge in [0.2, 0.25) is 0 Å². The van der Waals surface area contributed by atoms with Gasteiger partial charge in [0.1, 0.15) is 0 Å². The Morgan fingerprint density at radius 3 is 2.64 bits per heavy atom. The number of benzene rings is 1. The average molecular weight is 209 g/mol. The van der Waals surface area contributed by atoms with Gasteiger partial charge >= 0.3 is 0 Å². The van der Waals surface area contributed by atoms with Gasteiger partial charge < -0.3 is 5.73 Å². The Morgan fingerprint density at radius 1 is 1.36 bits per heavy atom. The van der Waals surface area contributed by atoms with E-state index in [1.807, 2.05) is 11.8 Å². The van der Waals surface area contributed by atoms with E-state index >= 15 is 0 Å². The molecular formula is C12H19NS. The van der Waals surface area contributed by atoms with Crippen molar-refractivity contribution < 1.29 is 0 Å². The summed E-state index contributed by atoms with van der Waals surface area (Å²) in [5.74, 6) is 1.10. The second-order valence-corrected chi connectivity index (χ2v) is 4.79. The first kappa shape index (κ1) is 11.6. The van der Waals surface area contributed by atoms with Crippen LogP contribution in [-0.2, 0) is 0 Å². The molecule has 0 spiro atoms. The highest BCUT2D eigenvalue weighted by Gasteiger charge is 2.09. The van der Waals surface area contributed by atoms with Gasteiger partial charge in [-0.05, 0) is 30.7 Å². The topological polar surface area (TPSA) is 26.0 Å². The second kappa shape index (κ2) is 5.42. The van der Waals surface area contributed by atoms with Gasteiger partial charge in [0.05, 0.1) is 0 Å². The minimum atomic E-state index is 0.184. The Kier molecular flexibility index (Phi) is 4.49. The van der Waals surface area contributed by atoms with Crippen LogP contribution in [0.1, 0.15) is 37.4 Å². The molecule has 1 nitrogen and oxygen atoms in total. The van der Waals surface area contributed by atoms with Gasteiger partial charge in [0.15, 0.2) is 0 Å². The van der Waals surface area contributed by atoms with Crippen LogP contribution in [0.3, 0.4) is 0 Å². The number of thioether (sulfide) groups is 1. The van der Waals surface area contributed by atoms with Gasteiger partial charge in [-0.25, -0.2) is 0 Å². The predicted octanol–water partition coefficient (Wildman–Crippen LogP) is 3.52. The lowest BCUT2D eigenvalue weighted by Crippen LogP contribution is -2.10. The van der Waals surface area contributed by atoms with E-state index in [0.717, 1.165) is 12.2 Å². The summed E-state index contributed by atoms with van der Waals surface area (Å²) in [4.78, 5) is 1.34. The fourth-order valence-corrected chi connectivity index (χ4v) is 2.32. The van der Waals surface area contributed by atoms with Gasteiger partial charge in [-0.15, -0.1) is 11.8 Å². The predicted molar refractivity (Wildman–Crippen MR) is 64.8 cm³/mol. The number of rotatable bonds is 4. The summed E-state index contributed by atoms with van der Waals surface area (Å²) in [6.45, 7) is 6.42. The molecule has 2 N–H and O–H groups in total. The Labute approximate surface area is 91.1 Å². The van der Waals surface area contributed by atoms with Crippen LogP contribution in [0.4, 0.5) is 0 Å². The van der Waals surface area contributed by atoms with Gasteiger partial charge in [-0.3, -0.25) is 0 Å². The first-order valence-electron chi connectivity index (χ1n) is 5.18. The highest BCUT2D eigenvalue weighted by Crippen LogP contribution is 2.28. The molecule has 0 saturated carbocycles. The van der Waals surface area contributed by atoms with E-state index in [4.69, 9.17) is 5.73 Å². The van der Waals surface area contributed by atoms with Crippen molar-refractivity contribution in [2.75, 3.05) is 5.75 Å². The van der Waals surface area contributed by atoms with E-state index < -0.39 is 0 Å². The molecule has 1 rings (SSSR count). The van der Waals surface area contributed by atoms with Crippen LogP contribution in [0, 0.1) is 6.92 Å². The minimum Gasteiger partial charge on any atom is -0.324 e. The summed E-state index contributed by atoms with van der Waals surface area (Å²) in [5, 5.41) is 0. The van der Waals surface area contributed by atoms with Crippen molar-refractivity contribution in [1.29, 1.82) is 0 Å². The van der Waals surface area contributed by atoms with Gasteiger partial charge in [0.25, 0.3) is 0 Å². The molecule has 0 amide bonds. The standard InChI is InChI=1S/C12H19NS/c1-4-11(13)10-8-9(3)6-7-12(10)14-5-2/h6-8,11H,4-5,13H2,1-3H3. The monoisotopic (exact) mass is 209 g/mol. The second-order valence-electron chi connectivity index (χ2n) is 3.49. The summed E-state index contributed by atoms with van der Waals surface area (Å²) in [6.07, 6.45) is 1.00. The van der Waals surface area contributed by atoms with Crippen molar-refractivity contribution in [3.8, 4) is 0 Å². The van der Waals surface area contributed by atoms with Crippen molar-refractivity contribution in [2.24, 2.45) is 5.73 Å². The molecular weight excluding hydrogens is 190 g/mol. The highest BCUT2D eigenvalue weighted by atomic mass is 32.2. The SMILES string of the molecule is CCSc1ccc(C)cc1C(N)CC. The van der Waals surface area contributed by atoms with Crippen LogP contribution < -0.4 is 5.73 Å². The third-order valence-corrected chi connectivity index (χ3v) is 3.28. The summed E-state index contributed by atoms with van der Waals surface area (Å²) >= 11 is 1.87. The minimum absolute atomic E-state index is 0.184. The third kappa shape index (κ3) is 2.76. The first-order valence-corrected chi connectivity index (χ1v) is 6.16. The van der Waals surface area contributed by atoms with E-state index in [1.165, 1.54) is 16.0 Å². The van der Waals surface area contributed by atoms with Crippen molar-refractivity contribution in [3.05, 3.63) is 29.3 Å². The zero-order valence-electron chi connectivity index (χ0n) is 9.21. The van der Waals surface area contributed by atoms with Crippen LogP contribution in [-0.4, -0.2) is 5.75 Å². The summed E-state index contributed by atoms with van der Waals surface area (Å²) < 4.78 is 0. The summed E-state index contributed by atoms with van der Waals surface area (Å²) in [6, 6.07) is 6.74. The van der Waals surface area contributed by atoms with E-state index in [2.05, 4.69) is 39.0 Å². The lowest BCUT2D eigenvalue weighted by molar-refractivity contribution is 0.685. The molecule has 78 valence electrons. The highest BCUT2D eigenvalue weighted by molar-refractivity contribution is 7.99. The number of nitrogens with two attached hydrogens (primary N) is 1. The van der Waals surface area contributed by atoms with Gasteiger partial charge in [0, 0.05) is 10.9 Å². The largest absolute Gasteiger partial charge is 0.324 e. The number of hydrogen-bond acceptors (Lipinski definition) is 2. The van der Waals surface area contributed by atoms with E-state index in [0.29, 0.717) is 0 Å². The molecule has 1 atom stereocenters. The first-order chi connectivity index (χ1) is 6.69. The average Bonchev–Trinajstić information content (AvgIpc) is 2.20. The van der Waals surface area contributed by atoms with Crippen molar-refractivity contribution in [1.82, 2.24) is 0 Å². The van der Waals surface area contributed by atoms with Crippen LogP contribution in [0.2, 0.25) is 0 Å². The van der Waals surface area contributed by atoms with Crippen LogP contribution >= 0.6 is 11.8 Å². The molecule has 0 aromatic heterocycles. The van der Waals surface area contributed by atoms with Crippen LogP contribution in [0.15, 0.2) is 23.1 Å². The van der Waals surface area contributed by atoms with Crippen LogP contribution in [0.5, 0.6) is 0 Å². The Bertz CT molecular complexity index is 296. The van der Waals surface area contributed by atoms with Crippen molar-refractivity contribution >= 4 is 11.8 Å². The molecule has 2 heteroatoms. The maximum atomic E-state index is 6.08.